The molecule has 1 amide bonds. The molecule has 1 spiro atoms. The largest absolute Gasteiger partial charge is 0.459 e. The minimum absolute atomic E-state index is 0.139. The zero-order valence-corrected chi connectivity index (χ0v) is 25.5. The highest BCUT2D eigenvalue weighted by Gasteiger charge is 2.49. The summed E-state index contributed by atoms with van der Waals surface area (Å²) < 4.78 is 5.38. The Morgan fingerprint density at radius 3 is 2.48 bits per heavy atom. The Morgan fingerprint density at radius 1 is 0.978 bits per heavy atom. The molecule has 3 aromatic carbocycles. The third kappa shape index (κ3) is 6.72. The maximum absolute atomic E-state index is 13.5. The SMILES string of the molecule is CCCCC1=NC2(CCCC2)C(=O)N1Cc1ccc(-c2ccccc2-c2nnn(C(=O)Oc3cccc(CON(O)O)c3)n2)cc1. The standard InChI is InChI=1S/C33H35N7O6/c1-2-3-13-29-34-33(18-6-7-19-33)31(41)38(29)21-23-14-16-25(17-15-23)27-11-4-5-12-28(27)30-35-37-39(36-30)32(42)46-26-10-8-9-24(20-26)22-45-40(43)44/h4-5,8-12,14-17,20,43-44H,2-3,6-7,13,18-19,21-22H2,1H3. The predicted molar refractivity (Wildman–Crippen MR) is 165 cm³/mol. The first-order chi connectivity index (χ1) is 22.3. The van der Waals surface area contributed by atoms with E-state index in [4.69, 9.17) is 20.1 Å². The van der Waals surface area contributed by atoms with Gasteiger partial charge in [0.15, 0.2) is 0 Å². The number of nitrogens with zero attached hydrogens (tertiary/aromatic N) is 7. The summed E-state index contributed by atoms with van der Waals surface area (Å²) in [6.07, 6.45) is 5.75. The molecule has 0 radical (unpaired) electrons. The second kappa shape index (κ2) is 13.7. The van der Waals surface area contributed by atoms with Crippen LogP contribution in [0.5, 0.6) is 5.75 Å². The van der Waals surface area contributed by atoms with Crippen LogP contribution in [0.25, 0.3) is 22.5 Å². The van der Waals surface area contributed by atoms with Crippen molar-refractivity contribution in [2.75, 3.05) is 0 Å². The molecule has 0 saturated heterocycles. The summed E-state index contributed by atoms with van der Waals surface area (Å²) in [5.41, 5.74) is 3.44. The van der Waals surface area contributed by atoms with E-state index < -0.39 is 17.0 Å². The summed E-state index contributed by atoms with van der Waals surface area (Å²) in [5.74, 6) is 1.48. The van der Waals surface area contributed by atoms with E-state index in [1.165, 1.54) is 6.07 Å². The quantitative estimate of drug-likeness (QED) is 0.195. The molecular formula is C33H35N7O6. The fourth-order valence-electron chi connectivity index (χ4n) is 5.97. The van der Waals surface area contributed by atoms with Gasteiger partial charge in [-0.1, -0.05) is 91.6 Å². The van der Waals surface area contributed by atoms with Crippen LogP contribution in [-0.2, 0) is 22.8 Å². The van der Waals surface area contributed by atoms with Crippen LogP contribution in [0.4, 0.5) is 4.79 Å². The fourth-order valence-corrected chi connectivity index (χ4v) is 5.97. The molecule has 46 heavy (non-hydrogen) atoms. The van der Waals surface area contributed by atoms with Crippen LogP contribution >= 0.6 is 0 Å². The number of aliphatic imine (C=N–C) groups is 1. The molecule has 1 saturated carbocycles. The zero-order chi connectivity index (χ0) is 32.1. The molecule has 238 valence electrons. The number of unbranched alkanes of at least 4 members (excludes halogenated alkanes) is 1. The molecule has 2 heterocycles. The molecule has 1 aliphatic carbocycles. The second-order valence-corrected chi connectivity index (χ2v) is 11.4. The Balaban J connectivity index is 1.16. The van der Waals surface area contributed by atoms with Crippen LogP contribution in [0.3, 0.4) is 0 Å². The van der Waals surface area contributed by atoms with Gasteiger partial charge < -0.3 is 4.74 Å². The van der Waals surface area contributed by atoms with Gasteiger partial charge >= 0.3 is 6.09 Å². The van der Waals surface area contributed by atoms with Gasteiger partial charge in [0, 0.05) is 12.0 Å². The van der Waals surface area contributed by atoms with Gasteiger partial charge in [0.2, 0.25) is 5.82 Å². The maximum atomic E-state index is 13.5. The number of tetrazole rings is 1. The first kappa shape index (κ1) is 31.2. The molecule has 2 N–H and O–H groups in total. The Morgan fingerprint density at radius 2 is 1.74 bits per heavy atom. The van der Waals surface area contributed by atoms with E-state index in [2.05, 4.69) is 27.2 Å². The molecule has 0 bridgehead atoms. The van der Waals surface area contributed by atoms with Crippen molar-refractivity contribution in [2.24, 2.45) is 4.99 Å². The molecular weight excluding hydrogens is 590 g/mol. The van der Waals surface area contributed by atoms with Gasteiger partial charge in [-0.05, 0) is 58.9 Å². The van der Waals surface area contributed by atoms with Crippen molar-refractivity contribution in [2.45, 2.75) is 70.6 Å². The van der Waals surface area contributed by atoms with Gasteiger partial charge in [-0.2, -0.15) is 0 Å². The zero-order valence-electron chi connectivity index (χ0n) is 25.5. The minimum Gasteiger partial charge on any atom is -0.408 e. The summed E-state index contributed by atoms with van der Waals surface area (Å²) in [7, 11) is 0. The third-order valence-electron chi connectivity index (χ3n) is 8.28. The number of carbonyl (C=O) groups excluding carboxylic acids is 2. The Bertz CT molecular complexity index is 1730. The van der Waals surface area contributed by atoms with Crippen molar-refractivity contribution in [3.8, 4) is 28.3 Å². The number of hydrogen-bond donors (Lipinski definition) is 2. The lowest BCUT2D eigenvalue weighted by Gasteiger charge is -2.23. The topological polar surface area (TPSA) is 156 Å². The van der Waals surface area contributed by atoms with Crippen LogP contribution in [0.2, 0.25) is 0 Å². The number of rotatable bonds is 11. The van der Waals surface area contributed by atoms with E-state index in [-0.39, 0.29) is 24.1 Å². The fraction of sp³-hybridized carbons (Fsp3) is 0.333. The first-order valence-corrected chi connectivity index (χ1v) is 15.4. The van der Waals surface area contributed by atoms with E-state index in [1.807, 2.05) is 53.4 Å². The number of carbonyl (C=O) groups is 2. The highest BCUT2D eigenvalue weighted by atomic mass is 17.1. The molecule has 6 rings (SSSR count). The summed E-state index contributed by atoms with van der Waals surface area (Å²) in [4.78, 5) is 38.6. The number of aromatic nitrogens is 4. The minimum atomic E-state index is -0.873. The van der Waals surface area contributed by atoms with Crippen molar-refractivity contribution < 1.29 is 29.6 Å². The average molecular weight is 626 g/mol. The summed E-state index contributed by atoms with van der Waals surface area (Å²) >= 11 is 0. The van der Waals surface area contributed by atoms with Gasteiger partial charge in [-0.25, -0.2) is 9.63 Å². The summed E-state index contributed by atoms with van der Waals surface area (Å²) in [6.45, 7) is 2.48. The molecule has 1 aromatic heterocycles. The van der Waals surface area contributed by atoms with Crippen LogP contribution in [0.1, 0.15) is 63.0 Å². The molecule has 2 aliphatic rings. The van der Waals surface area contributed by atoms with Gasteiger partial charge in [0.05, 0.1) is 18.5 Å². The smallest absolute Gasteiger partial charge is 0.408 e. The summed E-state index contributed by atoms with van der Waals surface area (Å²) in [6, 6.07) is 22.0. The number of benzene rings is 3. The van der Waals surface area contributed by atoms with E-state index in [0.29, 0.717) is 17.7 Å². The van der Waals surface area contributed by atoms with Gasteiger partial charge in [0.1, 0.15) is 17.1 Å². The predicted octanol–water partition coefficient (Wildman–Crippen LogP) is 5.81. The summed E-state index contributed by atoms with van der Waals surface area (Å²) in [5, 5.41) is 29.4. The molecule has 1 aliphatic heterocycles. The van der Waals surface area contributed by atoms with Crippen molar-refractivity contribution in [1.82, 2.24) is 30.5 Å². The highest BCUT2D eigenvalue weighted by molar-refractivity contribution is 6.08. The van der Waals surface area contributed by atoms with Crippen LogP contribution in [0.15, 0.2) is 77.8 Å². The second-order valence-electron chi connectivity index (χ2n) is 11.4. The van der Waals surface area contributed by atoms with Crippen LogP contribution in [0, 0.1) is 0 Å². The Labute approximate surface area is 265 Å². The molecule has 13 nitrogen and oxygen atoms in total. The lowest BCUT2D eigenvalue weighted by molar-refractivity contribution is -0.497. The van der Waals surface area contributed by atoms with Crippen LogP contribution in [-0.4, -0.2) is 64.3 Å². The number of amides is 1. The highest BCUT2D eigenvalue weighted by Crippen LogP contribution is 2.40. The van der Waals surface area contributed by atoms with Crippen LogP contribution < -0.4 is 4.74 Å². The monoisotopic (exact) mass is 625 g/mol. The molecule has 4 aromatic rings. The molecule has 0 unspecified atom stereocenters. The Hall–Kier alpha value is -4.82. The van der Waals surface area contributed by atoms with Crippen molar-refractivity contribution in [1.29, 1.82) is 0 Å². The van der Waals surface area contributed by atoms with E-state index >= 15 is 0 Å². The molecule has 13 heteroatoms. The van der Waals surface area contributed by atoms with E-state index in [9.17, 15) is 9.59 Å². The van der Waals surface area contributed by atoms with Crippen molar-refractivity contribution >= 4 is 17.8 Å². The van der Waals surface area contributed by atoms with E-state index in [1.54, 1.807) is 18.2 Å². The van der Waals surface area contributed by atoms with Crippen molar-refractivity contribution in [3.63, 3.8) is 0 Å². The normalized spacial score (nSPS) is 15.6. The first-order valence-electron chi connectivity index (χ1n) is 15.4. The van der Waals surface area contributed by atoms with Gasteiger partial charge in [0.25, 0.3) is 5.91 Å². The third-order valence-corrected chi connectivity index (χ3v) is 8.28. The molecule has 0 atom stereocenters. The maximum Gasteiger partial charge on any atom is 0.459 e. The number of hydrogen-bond acceptors (Lipinski definition) is 11. The average Bonchev–Trinajstić information content (AvgIpc) is 3.81. The lowest BCUT2D eigenvalue weighted by Crippen LogP contribution is -2.40. The molecule has 1 fully saturated rings. The number of ether oxygens (including phenoxy) is 1. The van der Waals surface area contributed by atoms with Crippen molar-refractivity contribution in [3.05, 3.63) is 83.9 Å². The van der Waals surface area contributed by atoms with E-state index in [0.717, 1.165) is 72.3 Å². The van der Waals surface area contributed by atoms with Gasteiger partial charge in [-0.3, -0.25) is 25.1 Å². The number of amidine groups is 1. The Kier molecular flexibility index (Phi) is 9.26. The van der Waals surface area contributed by atoms with Gasteiger partial charge in [-0.15, -0.1) is 10.2 Å². The lowest BCUT2D eigenvalue weighted by atomic mass is 9.97.